The standard InChI is InChI=1S/C74H54O2/c1-71(2)53-31-27-39-17-9-11-19-43(39)63(53)45-29-25-41(33-55(45)71)49-35-59-65(67-47-21-13-15-23-61(47)75-69(49)67)51-37-58-52(38-57(51)73(59,5)6)66-60(74(58,7)8)36-50(70-68(66)48-22-14-16-24-62(48)76-70)42-26-30-46-56(34-42)72(3,4)54-32-28-40-18-10-12-20-44(40)64(46)54/h9-38H,1-8H3. The average molecular weight is 975 g/mol. The Balaban J connectivity index is 0.870. The van der Waals surface area contributed by atoms with Crippen LogP contribution < -0.4 is 0 Å². The number of rotatable bonds is 2. The van der Waals surface area contributed by atoms with Crippen LogP contribution in [0.2, 0.25) is 0 Å². The van der Waals surface area contributed by atoms with Gasteiger partial charge in [-0.3, -0.25) is 0 Å². The number of fused-ring (bicyclic) bond motifs is 24. The smallest absolute Gasteiger partial charge is 0.143 e. The van der Waals surface area contributed by atoms with Crippen molar-refractivity contribution in [3.8, 4) is 66.8 Å². The van der Waals surface area contributed by atoms with Crippen molar-refractivity contribution in [2.75, 3.05) is 0 Å². The molecule has 0 amide bonds. The van der Waals surface area contributed by atoms with Crippen LogP contribution in [-0.4, -0.2) is 0 Å². The van der Waals surface area contributed by atoms with E-state index in [2.05, 4.69) is 237 Å². The molecule has 2 heterocycles. The molecule has 0 N–H and O–H groups in total. The molecule has 0 radical (unpaired) electrons. The monoisotopic (exact) mass is 974 g/mol. The second-order valence-corrected chi connectivity index (χ2v) is 24.7. The Kier molecular flexibility index (Phi) is 7.82. The molecule has 4 aliphatic carbocycles. The van der Waals surface area contributed by atoms with Gasteiger partial charge in [-0.05, 0) is 170 Å². The lowest BCUT2D eigenvalue weighted by molar-refractivity contribution is 0.650. The summed E-state index contributed by atoms with van der Waals surface area (Å²) in [6.07, 6.45) is 0. The number of hydrogen-bond donors (Lipinski definition) is 0. The van der Waals surface area contributed by atoms with E-state index in [1.807, 2.05) is 0 Å². The summed E-state index contributed by atoms with van der Waals surface area (Å²) in [6, 6.07) is 68.9. The number of hydrogen-bond acceptors (Lipinski definition) is 2. The summed E-state index contributed by atoms with van der Waals surface area (Å²) in [5.74, 6) is 0. The zero-order chi connectivity index (χ0) is 51.1. The lowest BCUT2D eigenvalue weighted by Crippen LogP contribution is -2.17. The predicted molar refractivity (Wildman–Crippen MR) is 317 cm³/mol. The third-order valence-corrected chi connectivity index (χ3v) is 19.4. The highest BCUT2D eigenvalue weighted by molar-refractivity contribution is 6.21. The predicted octanol–water partition coefficient (Wildman–Crippen LogP) is 20.4. The minimum absolute atomic E-state index is 0.166. The maximum Gasteiger partial charge on any atom is 0.143 e. The van der Waals surface area contributed by atoms with E-state index in [-0.39, 0.29) is 21.7 Å². The molecule has 76 heavy (non-hydrogen) atoms. The molecule has 0 fully saturated rings. The lowest BCUT2D eigenvalue weighted by Gasteiger charge is -2.25. The zero-order valence-electron chi connectivity index (χ0n) is 44.1. The highest BCUT2D eigenvalue weighted by atomic mass is 16.3. The zero-order valence-corrected chi connectivity index (χ0v) is 44.1. The second kappa shape index (κ2) is 13.9. The fourth-order valence-electron chi connectivity index (χ4n) is 15.5. The van der Waals surface area contributed by atoms with Crippen molar-refractivity contribution in [1.29, 1.82) is 0 Å². The third-order valence-electron chi connectivity index (χ3n) is 19.4. The van der Waals surface area contributed by atoms with Gasteiger partial charge in [-0.1, -0.05) is 189 Å². The molecule has 0 saturated heterocycles. The van der Waals surface area contributed by atoms with Crippen molar-refractivity contribution in [2.24, 2.45) is 0 Å². The summed E-state index contributed by atoms with van der Waals surface area (Å²) in [5.41, 5.74) is 28.9. The van der Waals surface area contributed by atoms with Gasteiger partial charge in [0.1, 0.15) is 22.3 Å². The molecule has 2 nitrogen and oxygen atoms in total. The molecule has 0 saturated carbocycles. The van der Waals surface area contributed by atoms with E-state index in [4.69, 9.17) is 8.83 Å². The Morgan fingerprint density at radius 2 is 0.618 bits per heavy atom. The van der Waals surface area contributed by atoms with Gasteiger partial charge in [0, 0.05) is 54.3 Å². The molecule has 0 aliphatic heterocycles. The third kappa shape index (κ3) is 5.09. The lowest BCUT2D eigenvalue weighted by atomic mass is 9.78. The molecular formula is C74H54O2. The van der Waals surface area contributed by atoms with Gasteiger partial charge < -0.3 is 8.83 Å². The normalized spacial score (nSPS) is 16.3. The van der Waals surface area contributed by atoms with Crippen LogP contribution in [0.3, 0.4) is 0 Å². The van der Waals surface area contributed by atoms with Gasteiger partial charge in [-0.15, -0.1) is 0 Å². The van der Waals surface area contributed by atoms with Crippen molar-refractivity contribution >= 4 is 65.4 Å². The van der Waals surface area contributed by atoms with Crippen molar-refractivity contribution in [2.45, 2.75) is 77.0 Å². The summed E-state index contributed by atoms with van der Waals surface area (Å²) in [7, 11) is 0. The van der Waals surface area contributed by atoms with Crippen molar-refractivity contribution in [1.82, 2.24) is 0 Å². The molecule has 0 spiro atoms. The van der Waals surface area contributed by atoms with E-state index in [0.29, 0.717) is 0 Å². The molecule has 4 aliphatic rings. The van der Waals surface area contributed by atoms with Crippen molar-refractivity contribution < 1.29 is 8.83 Å². The second-order valence-electron chi connectivity index (χ2n) is 24.7. The number of benzene rings is 11. The minimum Gasteiger partial charge on any atom is -0.455 e. The first-order valence-corrected chi connectivity index (χ1v) is 27.2. The SMILES string of the molecule is CC1(C)c2cc(-c3cc4c(c5c3oc3ccccc35)-c3cc5c(cc3C4(C)C)-c3c(cc(-c4ccc6c(c4)C(C)(C)c4ccc7ccccc7c4-6)c4oc6ccccc6c34)C5(C)C)ccc2-c2c1ccc1ccccc21. The largest absolute Gasteiger partial charge is 0.455 e. The minimum atomic E-state index is -0.323. The maximum atomic E-state index is 7.12. The Bertz CT molecular complexity index is 4560. The molecule has 11 aromatic carbocycles. The van der Waals surface area contributed by atoms with E-state index in [1.165, 1.54) is 132 Å². The summed E-state index contributed by atoms with van der Waals surface area (Å²) in [5, 5.41) is 9.93. The van der Waals surface area contributed by atoms with Gasteiger partial charge in [0.15, 0.2) is 0 Å². The van der Waals surface area contributed by atoms with Gasteiger partial charge in [0.25, 0.3) is 0 Å². The Morgan fingerprint density at radius 3 is 1.05 bits per heavy atom. The van der Waals surface area contributed by atoms with Crippen LogP contribution >= 0.6 is 0 Å². The highest BCUT2D eigenvalue weighted by Crippen LogP contribution is 2.62. The van der Waals surface area contributed by atoms with E-state index in [9.17, 15) is 0 Å². The molecule has 2 aromatic heterocycles. The van der Waals surface area contributed by atoms with Gasteiger partial charge in [-0.2, -0.15) is 0 Å². The van der Waals surface area contributed by atoms with Crippen LogP contribution in [0.15, 0.2) is 191 Å². The van der Waals surface area contributed by atoms with E-state index in [0.717, 1.165) is 44.2 Å². The Morgan fingerprint density at radius 1 is 0.263 bits per heavy atom. The van der Waals surface area contributed by atoms with Crippen LogP contribution in [0, 0.1) is 0 Å². The first-order chi connectivity index (χ1) is 36.7. The molecule has 13 aromatic rings. The summed E-state index contributed by atoms with van der Waals surface area (Å²) in [4.78, 5) is 0. The fourth-order valence-corrected chi connectivity index (χ4v) is 15.5. The average Bonchev–Trinajstić information content (AvgIpc) is 4.36. The van der Waals surface area contributed by atoms with Crippen LogP contribution in [0.1, 0.15) is 99.9 Å². The molecular weight excluding hydrogens is 921 g/mol. The van der Waals surface area contributed by atoms with Crippen LogP contribution in [-0.2, 0) is 21.7 Å². The number of para-hydroxylation sites is 2. The molecule has 0 bridgehead atoms. The van der Waals surface area contributed by atoms with Crippen molar-refractivity contribution in [3.05, 3.63) is 226 Å². The quantitative estimate of drug-likeness (QED) is 0.173. The van der Waals surface area contributed by atoms with Crippen LogP contribution in [0.5, 0.6) is 0 Å². The van der Waals surface area contributed by atoms with Gasteiger partial charge in [-0.25, -0.2) is 0 Å². The summed E-state index contributed by atoms with van der Waals surface area (Å²) in [6.45, 7) is 19.3. The van der Waals surface area contributed by atoms with Gasteiger partial charge >= 0.3 is 0 Å². The topological polar surface area (TPSA) is 26.3 Å². The highest BCUT2D eigenvalue weighted by Gasteiger charge is 2.46. The van der Waals surface area contributed by atoms with Crippen LogP contribution in [0.4, 0.5) is 0 Å². The molecule has 0 unspecified atom stereocenters. The first-order valence-electron chi connectivity index (χ1n) is 27.2. The fraction of sp³-hybridized carbons (Fsp3) is 0.162. The first kappa shape index (κ1) is 42.8. The van der Waals surface area contributed by atoms with Gasteiger partial charge in [0.05, 0.1) is 0 Å². The van der Waals surface area contributed by atoms with Crippen molar-refractivity contribution in [3.63, 3.8) is 0 Å². The maximum absolute atomic E-state index is 7.12. The molecule has 17 rings (SSSR count). The van der Waals surface area contributed by atoms with E-state index < -0.39 is 0 Å². The molecule has 2 heteroatoms. The molecule has 0 atom stereocenters. The van der Waals surface area contributed by atoms with Gasteiger partial charge in [0.2, 0.25) is 0 Å². The Hall–Kier alpha value is -8.46. The Labute approximate surface area is 442 Å². The molecule has 362 valence electrons. The summed E-state index contributed by atoms with van der Waals surface area (Å²) < 4.78 is 14.2. The van der Waals surface area contributed by atoms with E-state index >= 15 is 0 Å². The number of furan rings is 2. The van der Waals surface area contributed by atoms with E-state index in [1.54, 1.807) is 0 Å². The van der Waals surface area contributed by atoms with Crippen LogP contribution in [0.25, 0.3) is 132 Å². The summed E-state index contributed by atoms with van der Waals surface area (Å²) >= 11 is 0.